The first-order valence-electron chi connectivity index (χ1n) is 10.3. The van der Waals surface area contributed by atoms with Crippen LogP contribution in [0.3, 0.4) is 0 Å². The maximum absolute atomic E-state index is 13.2. The molecule has 5 aromatic rings. The number of hydrogen-bond acceptors (Lipinski definition) is 5. The summed E-state index contributed by atoms with van der Waals surface area (Å²) in [5, 5.41) is 2.95. The molecule has 0 fully saturated rings. The molecule has 162 valence electrons. The number of carbonyl (C=O) groups excluding carboxylic acids is 1. The van der Waals surface area contributed by atoms with Gasteiger partial charge in [0.1, 0.15) is 17.2 Å². The third kappa shape index (κ3) is 4.24. The predicted molar refractivity (Wildman–Crippen MR) is 126 cm³/mol. The second kappa shape index (κ2) is 8.84. The van der Waals surface area contributed by atoms with Crippen molar-refractivity contribution in [3.63, 3.8) is 0 Å². The largest absolute Gasteiger partial charge is 0.495 e. The molecule has 3 aromatic carbocycles. The fourth-order valence-corrected chi connectivity index (χ4v) is 3.48. The van der Waals surface area contributed by atoms with Gasteiger partial charge in [0.2, 0.25) is 5.78 Å². The van der Waals surface area contributed by atoms with Crippen molar-refractivity contribution in [2.24, 2.45) is 0 Å². The molecule has 5 rings (SSSR count). The van der Waals surface area contributed by atoms with E-state index in [1.54, 1.807) is 37.6 Å². The first-order valence-corrected chi connectivity index (χ1v) is 10.3. The van der Waals surface area contributed by atoms with Crippen LogP contribution in [0.25, 0.3) is 17.0 Å². The van der Waals surface area contributed by atoms with Crippen LogP contribution >= 0.6 is 0 Å². The SMILES string of the molecule is COc1ccc(-c2cn3cccnc3n2)cc1NC(=O)c1ccccc1Oc1ccccc1. The lowest BCUT2D eigenvalue weighted by molar-refractivity contribution is 0.102. The Bertz CT molecular complexity index is 1400. The molecule has 2 heterocycles. The molecule has 0 saturated carbocycles. The summed E-state index contributed by atoms with van der Waals surface area (Å²) in [5.41, 5.74) is 2.50. The van der Waals surface area contributed by atoms with Crippen molar-refractivity contribution < 1.29 is 14.3 Å². The third-order valence-electron chi connectivity index (χ3n) is 5.08. The zero-order valence-corrected chi connectivity index (χ0v) is 17.8. The number of nitrogens with zero attached hydrogens (tertiary/aromatic N) is 3. The maximum Gasteiger partial charge on any atom is 0.259 e. The molecule has 2 aromatic heterocycles. The van der Waals surface area contributed by atoms with Crippen LogP contribution in [0, 0.1) is 0 Å². The highest BCUT2D eigenvalue weighted by molar-refractivity contribution is 6.07. The van der Waals surface area contributed by atoms with E-state index in [1.807, 2.05) is 71.4 Å². The average Bonchev–Trinajstić information content (AvgIpc) is 3.29. The second-order valence-electron chi connectivity index (χ2n) is 7.23. The monoisotopic (exact) mass is 436 g/mol. The minimum Gasteiger partial charge on any atom is -0.495 e. The minimum absolute atomic E-state index is 0.311. The number of carbonyl (C=O) groups is 1. The number of hydrogen-bond donors (Lipinski definition) is 1. The molecule has 0 saturated heterocycles. The van der Waals surface area contributed by atoms with Crippen molar-refractivity contribution in [3.05, 3.63) is 103 Å². The Labute approximate surface area is 190 Å². The predicted octanol–water partition coefficient (Wildman–Crippen LogP) is 5.45. The van der Waals surface area contributed by atoms with E-state index >= 15 is 0 Å². The summed E-state index contributed by atoms with van der Waals surface area (Å²) in [6.07, 6.45) is 5.47. The first kappa shape index (κ1) is 20.3. The zero-order chi connectivity index (χ0) is 22.6. The fourth-order valence-electron chi connectivity index (χ4n) is 3.48. The first-order chi connectivity index (χ1) is 16.2. The smallest absolute Gasteiger partial charge is 0.259 e. The number of amides is 1. The number of benzene rings is 3. The maximum atomic E-state index is 13.2. The number of imidazole rings is 1. The molecule has 1 amide bonds. The number of aromatic nitrogens is 3. The highest BCUT2D eigenvalue weighted by Gasteiger charge is 2.16. The number of methoxy groups -OCH3 is 1. The van der Waals surface area contributed by atoms with E-state index in [4.69, 9.17) is 9.47 Å². The summed E-state index contributed by atoms with van der Waals surface area (Å²) >= 11 is 0. The van der Waals surface area contributed by atoms with Crippen molar-refractivity contribution in [2.75, 3.05) is 12.4 Å². The summed E-state index contributed by atoms with van der Waals surface area (Å²) in [4.78, 5) is 22.0. The molecule has 0 unspecified atom stereocenters. The topological polar surface area (TPSA) is 77.8 Å². The van der Waals surface area contributed by atoms with E-state index in [1.165, 1.54) is 0 Å². The van der Waals surface area contributed by atoms with Crippen molar-refractivity contribution in [3.8, 4) is 28.5 Å². The summed E-state index contributed by atoms with van der Waals surface area (Å²) in [7, 11) is 1.56. The van der Waals surface area contributed by atoms with Gasteiger partial charge in [-0.1, -0.05) is 30.3 Å². The molecule has 7 nitrogen and oxygen atoms in total. The molecular weight excluding hydrogens is 416 g/mol. The fraction of sp³-hybridized carbons (Fsp3) is 0.0385. The molecule has 33 heavy (non-hydrogen) atoms. The van der Waals surface area contributed by atoms with Crippen LogP contribution in [-0.2, 0) is 0 Å². The molecule has 0 bridgehead atoms. The van der Waals surface area contributed by atoms with Gasteiger partial charge in [-0.2, -0.15) is 0 Å². The van der Waals surface area contributed by atoms with Gasteiger partial charge in [-0.3, -0.25) is 9.20 Å². The summed E-state index contributed by atoms with van der Waals surface area (Å²) in [5.74, 6) is 1.94. The Morgan fingerprint density at radius 3 is 2.58 bits per heavy atom. The van der Waals surface area contributed by atoms with E-state index < -0.39 is 0 Å². The van der Waals surface area contributed by atoms with Crippen molar-refractivity contribution >= 4 is 17.4 Å². The van der Waals surface area contributed by atoms with Gasteiger partial charge in [-0.05, 0) is 48.5 Å². The second-order valence-corrected chi connectivity index (χ2v) is 7.23. The Balaban J connectivity index is 1.45. The van der Waals surface area contributed by atoms with Gasteiger partial charge in [0.25, 0.3) is 5.91 Å². The Hall–Kier alpha value is -4.65. The standard InChI is InChI=1S/C26H20N4O3/c1-32-24-13-12-18(22-17-30-15-7-14-27-26(30)29-22)16-21(24)28-25(31)20-10-5-6-11-23(20)33-19-8-3-2-4-9-19/h2-17H,1H3,(H,28,31). The summed E-state index contributed by atoms with van der Waals surface area (Å²) < 4.78 is 13.3. The number of rotatable bonds is 6. The molecule has 1 N–H and O–H groups in total. The number of para-hydroxylation sites is 2. The van der Waals surface area contributed by atoms with Gasteiger partial charge in [0, 0.05) is 24.2 Å². The number of anilines is 1. The molecule has 0 atom stereocenters. The van der Waals surface area contributed by atoms with Gasteiger partial charge in [-0.25, -0.2) is 9.97 Å². The molecule has 0 aliphatic heterocycles. The van der Waals surface area contributed by atoms with Crippen molar-refractivity contribution in [1.82, 2.24) is 14.4 Å². The molecule has 0 spiro atoms. The molecule has 7 heteroatoms. The Morgan fingerprint density at radius 1 is 0.939 bits per heavy atom. The number of ether oxygens (including phenoxy) is 2. The van der Waals surface area contributed by atoms with Crippen LogP contribution in [0.1, 0.15) is 10.4 Å². The molecule has 0 aliphatic rings. The van der Waals surface area contributed by atoms with E-state index in [0.717, 1.165) is 11.3 Å². The Kier molecular flexibility index (Phi) is 5.43. The van der Waals surface area contributed by atoms with Gasteiger partial charge >= 0.3 is 0 Å². The van der Waals surface area contributed by atoms with Crippen LogP contribution in [-0.4, -0.2) is 27.4 Å². The average molecular weight is 436 g/mol. The van der Waals surface area contributed by atoms with Gasteiger partial charge in [-0.15, -0.1) is 0 Å². The van der Waals surface area contributed by atoms with Crippen LogP contribution < -0.4 is 14.8 Å². The third-order valence-corrected chi connectivity index (χ3v) is 5.08. The lowest BCUT2D eigenvalue weighted by Crippen LogP contribution is -2.13. The molecular formula is C26H20N4O3. The van der Waals surface area contributed by atoms with E-state index in [2.05, 4.69) is 15.3 Å². The van der Waals surface area contributed by atoms with E-state index in [9.17, 15) is 4.79 Å². The van der Waals surface area contributed by atoms with Crippen molar-refractivity contribution in [2.45, 2.75) is 0 Å². The van der Waals surface area contributed by atoms with Crippen LogP contribution in [0.2, 0.25) is 0 Å². The Morgan fingerprint density at radius 2 is 1.76 bits per heavy atom. The quantitative estimate of drug-likeness (QED) is 0.383. The summed E-state index contributed by atoms with van der Waals surface area (Å²) in [6.45, 7) is 0. The van der Waals surface area contributed by atoms with Gasteiger partial charge < -0.3 is 14.8 Å². The minimum atomic E-state index is -0.311. The van der Waals surface area contributed by atoms with Crippen molar-refractivity contribution in [1.29, 1.82) is 0 Å². The normalized spacial score (nSPS) is 10.7. The van der Waals surface area contributed by atoms with Crippen LogP contribution in [0.4, 0.5) is 5.69 Å². The van der Waals surface area contributed by atoms with Gasteiger partial charge in [0.05, 0.1) is 24.1 Å². The van der Waals surface area contributed by atoms with E-state index in [-0.39, 0.29) is 5.91 Å². The highest BCUT2D eigenvalue weighted by atomic mass is 16.5. The lowest BCUT2D eigenvalue weighted by Gasteiger charge is -2.14. The lowest BCUT2D eigenvalue weighted by atomic mass is 10.1. The zero-order valence-electron chi connectivity index (χ0n) is 17.8. The molecule has 0 aliphatic carbocycles. The number of fused-ring (bicyclic) bond motifs is 1. The van der Waals surface area contributed by atoms with Crippen LogP contribution in [0.5, 0.6) is 17.2 Å². The summed E-state index contributed by atoms with van der Waals surface area (Å²) in [6, 6.07) is 23.8. The highest BCUT2D eigenvalue weighted by Crippen LogP contribution is 2.32. The number of nitrogens with one attached hydrogen (secondary N) is 1. The van der Waals surface area contributed by atoms with Gasteiger partial charge in [0.15, 0.2) is 0 Å². The van der Waals surface area contributed by atoms with Crippen LogP contribution in [0.15, 0.2) is 97.5 Å². The molecule has 0 radical (unpaired) electrons. The van der Waals surface area contributed by atoms with E-state index in [0.29, 0.717) is 34.3 Å².